The van der Waals surface area contributed by atoms with Crippen molar-refractivity contribution in [2.45, 2.75) is 51.0 Å². The van der Waals surface area contributed by atoms with Gasteiger partial charge in [-0.1, -0.05) is 11.6 Å². The molecule has 0 N–H and O–H groups in total. The van der Waals surface area contributed by atoms with Crippen molar-refractivity contribution in [2.75, 3.05) is 13.1 Å². The quantitative estimate of drug-likeness (QED) is 0.795. The van der Waals surface area contributed by atoms with Crippen molar-refractivity contribution in [1.82, 2.24) is 19.7 Å². The molecule has 1 aromatic rings. The highest BCUT2D eigenvalue weighted by Crippen LogP contribution is 2.24. The minimum atomic E-state index is 0.281. The molecule has 0 radical (unpaired) electrons. The summed E-state index contributed by atoms with van der Waals surface area (Å²) in [6.07, 6.45) is 13.1. The van der Waals surface area contributed by atoms with Gasteiger partial charge in [0.2, 0.25) is 5.91 Å². The molecule has 5 heteroatoms. The van der Waals surface area contributed by atoms with Crippen molar-refractivity contribution >= 4 is 5.91 Å². The lowest BCUT2D eigenvalue weighted by atomic mass is 9.96. The average molecular weight is 274 g/mol. The molecule has 0 unspecified atom stereocenters. The van der Waals surface area contributed by atoms with E-state index in [1.54, 1.807) is 12.7 Å². The lowest BCUT2D eigenvalue weighted by Gasteiger charge is -2.33. The largest absolute Gasteiger partial charge is 0.340 e. The van der Waals surface area contributed by atoms with Gasteiger partial charge in [-0.05, 0) is 38.5 Å². The van der Waals surface area contributed by atoms with E-state index in [4.69, 9.17) is 0 Å². The predicted octanol–water partition coefficient (Wildman–Crippen LogP) is 2.33. The number of allylic oxidation sites excluding steroid dienone is 1. The van der Waals surface area contributed by atoms with Crippen LogP contribution in [0.3, 0.4) is 0 Å². The van der Waals surface area contributed by atoms with E-state index >= 15 is 0 Å². The fourth-order valence-electron chi connectivity index (χ4n) is 3.17. The molecule has 0 spiro atoms. The summed E-state index contributed by atoms with van der Waals surface area (Å²) in [5.41, 5.74) is 1.34. The Labute approximate surface area is 119 Å². The molecule has 20 heavy (non-hydrogen) atoms. The van der Waals surface area contributed by atoms with E-state index in [1.807, 2.05) is 9.58 Å². The van der Waals surface area contributed by atoms with Crippen LogP contribution < -0.4 is 0 Å². The van der Waals surface area contributed by atoms with Crippen LogP contribution in [0.15, 0.2) is 24.3 Å². The Morgan fingerprint density at radius 1 is 1.35 bits per heavy atom. The Morgan fingerprint density at radius 2 is 2.30 bits per heavy atom. The van der Waals surface area contributed by atoms with Gasteiger partial charge in [0.15, 0.2) is 0 Å². The normalized spacial score (nSPS) is 23.5. The van der Waals surface area contributed by atoms with E-state index in [1.165, 1.54) is 18.4 Å². The van der Waals surface area contributed by atoms with Gasteiger partial charge < -0.3 is 4.90 Å². The van der Waals surface area contributed by atoms with Crippen molar-refractivity contribution in [1.29, 1.82) is 0 Å². The van der Waals surface area contributed by atoms with Gasteiger partial charge in [0.05, 0.1) is 6.04 Å². The zero-order chi connectivity index (χ0) is 13.8. The average Bonchev–Trinajstić information content (AvgIpc) is 3.03. The number of piperidine rings is 1. The molecule has 1 aliphatic heterocycles. The molecule has 2 aliphatic rings. The van der Waals surface area contributed by atoms with Crippen LogP contribution in [-0.2, 0) is 4.79 Å². The molecule has 1 aliphatic carbocycles. The van der Waals surface area contributed by atoms with E-state index in [0.29, 0.717) is 6.42 Å². The predicted molar refractivity (Wildman–Crippen MR) is 76.0 cm³/mol. The number of carbonyl (C=O) groups is 1. The smallest absolute Gasteiger partial charge is 0.226 e. The van der Waals surface area contributed by atoms with Crippen molar-refractivity contribution in [2.24, 2.45) is 0 Å². The standard InChI is InChI=1S/C15H22N4O/c20-15(9-13-5-2-1-3-6-13)18-8-4-7-14(10-18)19-12-16-11-17-19/h5,11-12,14H,1-4,6-10H2/t14-/m1/s1. The number of aromatic nitrogens is 3. The van der Waals surface area contributed by atoms with E-state index in [-0.39, 0.29) is 11.9 Å². The second-order valence-corrected chi connectivity index (χ2v) is 5.80. The second-order valence-electron chi connectivity index (χ2n) is 5.80. The van der Waals surface area contributed by atoms with Gasteiger partial charge in [-0.15, -0.1) is 0 Å². The van der Waals surface area contributed by atoms with Crippen molar-refractivity contribution in [3.63, 3.8) is 0 Å². The van der Waals surface area contributed by atoms with Crippen LogP contribution in [0, 0.1) is 0 Å². The highest BCUT2D eigenvalue weighted by molar-refractivity contribution is 5.78. The Bertz CT molecular complexity index is 480. The summed E-state index contributed by atoms with van der Waals surface area (Å²) < 4.78 is 1.89. The Balaban J connectivity index is 1.58. The highest BCUT2D eigenvalue weighted by atomic mass is 16.2. The van der Waals surface area contributed by atoms with Crippen molar-refractivity contribution < 1.29 is 4.79 Å². The Kier molecular flexibility index (Phi) is 4.14. The number of nitrogens with zero attached hydrogens (tertiary/aromatic N) is 4. The molecule has 0 saturated carbocycles. The third-order valence-corrected chi connectivity index (χ3v) is 4.32. The maximum Gasteiger partial charge on any atom is 0.226 e. The second kappa shape index (κ2) is 6.20. The number of likely N-dealkylation sites (tertiary alicyclic amines) is 1. The maximum atomic E-state index is 12.4. The van der Waals surface area contributed by atoms with Gasteiger partial charge in [-0.25, -0.2) is 9.67 Å². The lowest BCUT2D eigenvalue weighted by molar-refractivity contribution is -0.132. The molecular formula is C15H22N4O. The number of hydrogen-bond donors (Lipinski definition) is 0. The molecule has 1 fully saturated rings. The number of rotatable bonds is 3. The summed E-state index contributed by atoms with van der Waals surface area (Å²) in [6.45, 7) is 1.66. The van der Waals surface area contributed by atoms with Gasteiger partial charge in [-0.3, -0.25) is 4.79 Å². The van der Waals surface area contributed by atoms with Gasteiger partial charge in [0.1, 0.15) is 12.7 Å². The van der Waals surface area contributed by atoms with E-state index in [9.17, 15) is 4.79 Å². The summed E-state index contributed by atoms with van der Waals surface area (Å²) in [5, 5.41) is 4.21. The summed E-state index contributed by atoms with van der Waals surface area (Å²) in [4.78, 5) is 18.4. The molecule has 2 heterocycles. The van der Waals surface area contributed by atoms with Crippen LogP contribution in [0.5, 0.6) is 0 Å². The summed E-state index contributed by atoms with van der Waals surface area (Å²) >= 11 is 0. The number of carbonyl (C=O) groups excluding carboxylic acids is 1. The van der Waals surface area contributed by atoms with E-state index in [2.05, 4.69) is 16.2 Å². The molecule has 5 nitrogen and oxygen atoms in total. The van der Waals surface area contributed by atoms with Gasteiger partial charge in [0.25, 0.3) is 0 Å². The van der Waals surface area contributed by atoms with Crippen molar-refractivity contribution in [3.05, 3.63) is 24.3 Å². The maximum absolute atomic E-state index is 12.4. The highest BCUT2D eigenvalue weighted by Gasteiger charge is 2.25. The molecule has 1 atom stereocenters. The first kappa shape index (κ1) is 13.3. The van der Waals surface area contributed by atoms with E-state index < -0.39 is 0 Å². The topological polar surface area (TPSA) is 51.0 Å². The molecule has 3 rings (SSSR count). The van der Waals surface area contributed by atoms with Crippen LogP contribution >= 0.6 is 0 Å². The van der Waals surface area contributed by atoms with Crippen LogP contribution in [0.1, 0.15) is 51.0 Å². The minimum Gasteiger partial charge on any atom is -0.340 e. The monoisotopic (exact) mass is 274 g/mol. The SMILES string of the molecule is O=C(CC1=CCCCC1)N1CCC[C@@H](n2cncn2)C1. The van der Waals surface area contributed by atoms with Crippen molar-refractivity contribution in [3.8, 4) is 0 Å². The molecular weight excluding hydrogens is 252 g/mol. The summed E-state index contributed by atoms with van der Waals surface area (Å²) in [6, 6.07) is 0.288. The van der Waals surface area contributed by atoms with Gasteiger partial charge in [0, 0.05) is 19.5 Å². The summed E-state index contributed by atoms with van der Waals surface area (Å²) in [5.74, 6) is 0.281. The fraction of sp³-hybridized carbons (Fsp3) is 0.667. The van der Waals surface area contributed by atoms with Crippen LogP contribution in [-0.4, -0.2) is 38.7 Å². The third kappa shape index (κ3) is 3.08. The zero-order valence-electron chi connectivity index (χ0n) is 11.9. The molecule has 0 aromatic carbocycles. The molecule has 1 amide bonds. The Morgan fingerprint density at radius 3 is 3.05 bits per heavy atom. The fourth-order valence-corrected chi connectivity index (χ4v) is 3.17. The van der Waals surface area contributed by atoms with Gasteiger partial charge >= 0.3 is 0 Å². The molecule has 1 aromatic heterocycles. The van der Waals surface area contributed by atoms with Gasteiger partial charge in [-0.2, -0.15) is 5.10 Å². The van der Waals surface area contributed by atoms with Crippen LogP contribution in [0.2, 0.25) is 0 Å². The molecule has 108 valence electrons. The number of amides is 1. The Hall–Kier alpha value is -1.65. The minimum absolute atomic E-state index is 0.281. The van der Waals surface area contributed by atoms with E-state index in [0.717, 1.165) is 38.8 Å². The molecule has 0 bridgehead atoms. The number of hydrogen-bond acceptors (Lipinski definition) is 3. The lowest BCUT2D eigenvalue weighted by Crippen LogP contribution is -2.41. The first-order chi connectivity index (χ1) is 9.83. The third-order valence-electron chi connectivity index (χ3n) is 4.32. The zero-order valence-corrected chi connectivity index (χ0v) is 11.9. The summed E-state index contributed by atoms with van der Waals surface area (Å²) in [7, 11) is 0. The van der Waals surface area contributed by atoms with Crippen LogP contribution in [0.25, 0.3) is 0 Å². The first-order valence-corrected chi connectivity index (χ1v) is 7.63. The van der Waals surface area contributed by atoms with Crippen LogP contribution in [0.4, 0.5) is 0 Å². The first-order valence-electron chi connectivity index (χ1n) is 7.63. The molecule has 1 saturated heterocycles.